The van der Waals surface area contributed by atoms with E-state index < -0.39 is 6.10 Å². The summed E-state index contributed by atoms with van der Waals surface area (Å²) in [6.45, 7) is 11.7. The molecule has 1 N–H and O–H groups in total. The number of rotatable bonds is 8. The lowest BCUT2D eigenvalue weighted by atomic mass is 10.2. The van der Waals surface area contributed by atoms with Crippen LogP contribution in [0.4, 0.5) is 0 Å². The van der Waals surface area contributed by atoms with Gasteiger partial charge in [-0.05, 0) is 58.9 Å². The normalized spacial score (nSPS) is 12.3. The van der Waals surface area contributed by atoms with Crippen molar-refractivity contribution in [3.8, 4) is 11.8 Å². The molecule has 0 aromatic heterocycles. The van der Waals surface area contributed by atoms with E-state index in [0.717, 1.165) is 6.54 Å². The van der Waals surface area contributed by atoms with Crippen molar-refractivity contribution in [3.05, 3.63) is 29.8 Å². The van der Waals surface area contributed by atoms with Gasteiger partial charge >= 0.3 is 0 Å². The monoisotopic (exact) mass is 317 g/mol. The Hall–Kier alpha value is -2.06. The van der Waals surface area contributed by atoms with Gasteiger partial charge in [-0.15, -0.1) is 0 Å². The first-order valence-electron chi connectivity index (χ1n) is 8.05. The predicted octanol–water partition coefficient (Wildman–Crippen LogP) is 2.56. The van der Waals surface area contributed by atoms with Crippen molar-refractivity contribution < 1.29 is 9.53 Å². The van der Waals surface area contributed by atoms with Crippen LogP contribution in [0.15, 0.2) is 24.3 Å². The van der Waals surface area contributed by atoms with E-state index in [-0.39, 0.29) is 5.91 Å². The van der Waals surface area contributed by atoms with Gasteiger partial charge in [-0.3, -0.25) is 9.69 Å². The number of amides is 1. The molecule has 0 saturated heterocycles. The molecule has 0 heterocycles. The molecule has 0 aliphatic heterocycles. The topological polar surface area (TPSA) is 65.4 Å². The second-order valence-electron chi connectivity index (χ2n) is 6.11. The molecular weight excluding hydrogens is 290 g/mol. The fourth-order valence-electron chi connectivity index (χ4n) is 2.43. The average Bonchev–Trinajstić information content (AvgIpc) is 2.51. The lowest BCUT2D eigenvalue weighted by molar-refractivity contribution is -0.127. The maximum atomic E-state index is 12.1. The zero-order valence-corrected chi connectivity index (χ0v) is 14.7. The number of benzene rings is 1. The van der Waals surface area contributed by atoms with Crippen LogP contribution in [0.3, 0.4) is 0 Å². The van der Waals surface area contributed by atoms with Crippen molar-refractivity contribution in [2.45, 2.75) is 52.8 Å². The molecule has 1 aromatic carbocycles. The molecule has 1 atom stereocenters. The third-order valence-electron chi connectivity index (χ3n) is 3.66. The van der Waals surface area contributed by atoms with Crippen molar-refractivity contribution in [3.63, 3.8) is 0 Å². The van der Waals surface area contributed by atoms with E-state index in [1.54, 1.807) is 31.2 Å². The van der Waals surface area contributed by atoms with E-state index in [4.69, 9.17) is 10.00 Å². The standard InChI is InChI=1S/C18H27N3O2/c1-13(2)21(14(3)4)11-10-20-18(22)15(5)23-17-8-6-16(12-19)7-9-17/h6-9,13-15H,10-11H2,1-5H3,(H,20,22). The number of hydrogen-bond acceptors (Lipinski definition) is 4. The second-order valence-corrected chi connectivity index (χ2v) is 6.11. The maximum absolute atomic E-state index is 12.1. The largest absolute Gasteiger partial charge is 0.481 e. The highest BCUT2D eigenvalue weighted by Crippen LogP contribution is 2.13. The van der Waals surface area contributed by atoms with E-state index in [2.05, 4.69) is 37.9 Å². The molecule has 0 saturated carbocycles. The van der Waals surface area contributed by atoms with Gasteiger partial charge in [0.1, 0.15) is 5.75 Å². The summed E-state index contributed by atoms with van der Waals surface area (Å²) in [7, 11) is 0. The first-order chi connectivity index (χ1) is 10.8. The van der Waals surface area contributed by atoms with E-state index in [9.17, 15) is 4.79 Å². The number of ether oxygens (including phenoxy) is 1. The van der Waals surface area contributed by atoms with Crippen LogP contribution < -0.4 is 10.1 Å². The fraction of sp³-hybridized carbons (Fsp3) is 0.556. The summed E-state index contributed by atoms with van der Waals surface area (Å²) in [5.41, 5.74) is 0.567. The van der Waals surface area contributed by atoms with Crippen molar-refractivity contribution in [1.29, 1.82) is 5.26 Å². The highest BCUT2D eigenvalue weighted by atomic mass is 16.5. The highest BCUT2D eigenvalue weighted by Gasteiger charge is 2.16. The third-order valence-corrected chi connectivity index (χ3v) is 3.66. The van der Waals surface area contributed by atoms with Crippen molar-refractivity contribution in [2.24, 2.45) is 0 Å². The summed E-state index contributed by atoms with van der Waals surface area (Å²) in [6.07, 6.45) is -0.575. The Labute approximate surface area is 139 Å². The van der Waals surface area contributed by atoms with Crippen LogP contribution in [0.2, 0.25) is 0 Å². The molecule has 1 rings (SSSR count). The zero-order valence-electron chi connectivity index (χ0n) is 14.7. The molecule has 5 nitrogen and oxygen atoms in total. The molecule has 0 bridgehead atoms. The van der Waals surface area contributed by atoms with Gasteiger partial charge in [-0.2, -0.15) is 5.26 Å². The number of hydrogen-bond donors (Lipinski definition) is 1. The first-order valence-corrected chi connectivity index (χ1v) is 8.05. The number of nitrogens with zero attached hydrogens (tertiary/aromatic N) is 2. The van der Waals surface area contributed by atoms with Crippen molar-refractivity contribution in [2.75, 3.05) is 13.1 Å². The summed E-state index contributed by atoms with van der Waals surface area (Å²) < 4.78 is 5.59. The molecule has 1 aromatic rings. The van der Waals surface area contributed by atoms with Crippen LogP contribution in [0, 0.1) is 11.3 Å². The quantitative estimate of drug-likeness (QED) is 0.800. The summed E-state index contributed by atoms with van der Waals surface area (Å²) in [5, 5.41) is 11.7. The smallest absolute Gasteiger partial charge is 0.260 e. The molecule has 0 aliphatic rings. The minimum absolute atomic E-state index is 0.137. The molecule has 23 heavy (non-hydrogen) atoms. The minimum atomic E-state index is -0.575. The highest BCUT2D eigenvalue weighted by molar-refractivity contribution is 5.80. The Morgan fingerprint density at radius 3 is 2.22 bits per heavy atom. The summed E-state index contributed by atoms with van der Waals surface area (Å²) in [4.78, 5) is 14.4. The molecule has 1 amide bonds. The Bertz CT molecular complexity index is 524. The van der Waals surface area contributed by atoms with Gasteiger partial charge < -0.3 is 10.1 Å². The van der Waals surface area contributed by atoms with Gasteiger partial charge in [0, 0.05) is 25.2 Å². The summed E-state index contributed by atoms with van der Waals surface area (Å²) in [5.74, 6) is 0.444. The Balaban J connectivity index is 2.43. The Morgan fingerprint density at radius 2 is 1.74 bits per heavy atom. The Kier molecular flexibility index (Phi) is 7.56. The third kappa shape index (κ3) is 6.29. The molecule has 126 valence electrons. The number of nitriles is 1. The molecule has 0 spiro atoms. The fourth-order valence-corrected chi connectivity index (χ4v) is 2.43. The second kappa shape index (κ2) is 9.16. The van der Waals surface area contributed by atoms with E-state index in [0.29, 0.717) is 29.9 Å². The van der Waals surface area contributed by atoms with E-state index in [1.807, 2.05) is 6.07 Å². The van der Waals surface area contributed by atoms with Gasteiger partial charge in [0.25, 0.3) is 5.91 Å². The van der Waals surface area contributed by atoms with Crippen molar-refractivity contribution >= 4 is 5.91 Å². The Morgan fingerprint density at radius 1 is 1.17 bits per heavy atom. The molecule has 0 radical (unpaired) electrons. The van der Waals surface area contributed by atoms with Crippen LogP contribution in [0.25, 0.3) is 0 Å². The molecular formula is C18H27N3O2. The predicted molar refractivity (Wildman–Crippen MR) is 91.2 cm³/mol. The average molecular weight is 317 g/mol. The minimum Gasteiger partial charge on any atom is -0.481 e. The van der Waals surface area contributed by atoms with E-state index >= 15 is 0 Å². The molecule has 1 unspecified atom stereocenters. The molecule has 5 heteroatoms. The van der Waals surface area contributed by atoms with Gasteiger partial charge in [0.05, 0.1) is 11.6 Å². The molecule has 0 aliphatic carbocycles. The van der Waals surface area contributed by atoms with E-state index in [1.165, 1.54) is 0 Å². The van der Waals surface area contributed by atoms with Gasteiger partial charge in [-0.25, -0.2) is 0 Å². The van der Waals surface area contributed by atoms with Crippen LogP contribution in [0.5, 0.6) is 5.75 Å². The SMILES string of the molecule is CC(Oc1ccc(C#N)cc1)C(=O)NCCN(C(C)C)C(C)C. The zero-order chi connectivity index (χ0) is 17.4. The first kappa shape index (κ1) is 19.0. The summed E-state index contributed by atoms with van der Waals surface area (Å²) in [6, 6.07) is 9.67. The number of carbonyl (C=O) groups excluding carboxylic acids is 1. The van der Waals surface area contributed by atoms with Gasteiger partial charge in [-0.1, -0.05) is 0 Å². The van der Waals surface area contributed by atoms with Crippen LogP contribution in [0.1, 0.15) is 40.2 Å². The molecule has 0 fully saturated rings. The van der Waals surface area contributed by atoms with Crippen LogP contribution in [-0.2, 0) is 4.79 Å². The summed E-state index contributed by atoms with van der Waals surface area (Å²) >= 11 is 0. The lowest BCUT2D eigenvalue weighted by Gasteiger charge is -2.30. The number of carbonyl (C=O) groups is 1. The number of nitrogens with one attached hydrogen (secondary N) is 1. The van der Waals surface area contributed by atoms with Crippen LogP contribution >= 0.6 is 0 Å². The maximum Gasteiger partial charge on any atom is 0.260 e. The van der Waals surface area contributed by atoms with Crippen molar-refractivity contribution in [1.82, 2.24) is 10.2 Å². The van der Waals surface area contributed by atoms with Gasteiger partial charge in [0.15, 0.2) is 6.10 Å². The van der Waals surface area contributed by atoms with Gasteiger partial charge in [0.2, 0.25) is 0 Å². The van der Waals surface area contributed by atoms with Crippen LogP contribution in [-0.4, -0.2) is 42.1 Å². The lowest BCUT2D eigenvalue weighted by Crippen LogP contribution is -2.44.